The van der Waals surface area contributed by atoms with Crippen molar-refractivity contribution in [3.8, 4) is 0 Å². The Bertz CT molecular complexity index is 191. The molecule has 10 heavy (non-hydrogen) atoms. The van der Waals surface area contributed by atoms with E-state index in [2.05, 4.69) is 23.8 Å². The first-order chi connectivity index (χ1) is 4.86. The number of nitrogens with zero attached hydrogens (tertiary/aromatic N) is 1. The highest BCUT2D eigenvalue weighted by molar-refractivity contribution is 5.00. The summed E-state index contributed by atoms with van der Waals surface area (Å²) in [6.45, 7) is 4.28. The van der Waals surface area contributed by atoms with E-state index in [4.69, 9.17) is 0 Å². The highest BCUT2D eigenvalue weighted by Crippen LogP contribution is 1.99. The van der Waals surface area contributed by atoms with E-state index in [0.717, 1.165) is 25.1 Å². The maximum Gasteiger partial charge on any atom is 0.106 e. The van der Waals surface area contributed by atoms with Crippen LogP contribution in [-0.2, 0) is 12.8 Å². The smallest absolute Gasteiger partial charge is 0.106 e. The van der Waals surface area contributed by atoms with E-state index in [1.54, 1.807) is 0 Å². The molecule has 0 fully saturated rings. The largest absolute Gasteiger partial charge is 0.348 e. The summed E-state index contributed by atoms with van der Waals surface area (Å²) in [6, 6.07) is 0. The molecule has 0 aliphatic heterocycles. The van der Waals surface area contributed by atoms with Gasteiger partial charge in [-0.1, -0.05) is 13.8 Å². The molecule has 0 unspecified atom stereocenters. The Kier molecular flexibility index (Phi) is 2.49. The monoisotopic (exact) mass is 138 g/mol. The van der Waals surface area contributed by atoms with Crippen LogP contribution in [-0.4, -0.2) is 9.97 Å². The number of aryl methyl sites for hydroxylation is 2. The number of rotatable bonds is 3. The second kappa shape index (κ2) is 3.40. The van der Waals surface area contributed by atoms with Crippen molar-refractivity contribution >= 4 is 0 Å². The highest BCUT2D eigenvalue weighted by Gasteiger charge is 1.95. The third-order valence-electron chi connectivity index (χ3n) is 1.53. The van der Waals surface area contributed by atoms with E-state index >= 15 is 0 Å². The van der Waals surface area contributed by atoms with Gasteiger partial charge in [0.05, 0.1) is 5.69 Å². The van der Waals surface area contributed by atoms with Crippen LogP contribution in [0.25, 0.3) is 0 Å². The van der Waals surface area contributed by atoms with E-state index < -0.39 is 0 Å². The predicted octanol–water partition coefficient (Wildman–Crippen LogP) is 1.92. The van der Waals surface area contributed by atoms with Crippen molar-refractivity contribution in [2.24, 2.45) is 0 Å². The van der Waals surface area contributed by atoms with Crippen molar-refractivity contribution in [3.05, 3.63) is 17.7 Å². The normalized spacial score (nSPS) is 10.2. The Morgan fingerprint density at radius 1 is 1.50 bits per heavy atom. The lowest BCUT2D eigenvalue weighted by molar-refractivity contribution is 0.850. The van der Waals surface area contributed by atoms with Gasteiger partial charge in [0.25, 0.3) is 0 Å². The van der Waals surface area contributed by atoms with Crippen LogP contribution in [0.2, 0.25) is 0 Å². The van der Waals surface area contributed by atoms with Crippen molar-refractivity contribution in [1.82, 2.24) is 9.97 Å². The third-order valence-corrected chi connectivity index (χ3v) is 1.53. The lowest BCUT2D eigenvalue weighted by atomic mass is 10.3. The maximum atomic E-state index is 4.36. The minimum atomic E-state index is 1.03. The number of hydrogen-bond donors (Lipinski definition) is 1. The zero-order valence-corrected chi connectivity index (χ0v) is 6.65. The van der Waals surface area contributed by atoms with Crippen LogP contribution in [0.15, 0.2) is 6.20 Å². The van der Waals surface area contributed by atoms with Gasteiger partial charge in [0.2, 0.25) is 0 Å². The summed E-state index contributed by atoms with van der Waals surface area (Å²) < 4.78 is 0. The van der Waals surface area contributed by atoms with E-state index in [-0.39, 0.29) is 0 Å². The molecule has 0 saturated carbocycles. The summed E-state index contributed by atoms with van der Waals surface area (Å²) in [7, 11) is 0. The van der Waals surface area contributed by atoms with Gasteiger partial charge in [0.1, 0.15) is 5.82 Å². The predicted molar refractivity (Wildman–Crippen MR) is 42.0 cm³/mol. The molecule has 0 aromatic carbocycles. The molecule has 0 amide bonds. The molecule has 1 rings (SSSR count). The van der Waals surface area contributed by atoms with E-state index in [1.807, 2.05) is 6.20 Å². The van der Waals surface area contributed by atoms with Crippen molar-refractivity contribution in [1.29, 1.82) is 0 Å². The summed E-state index contributed by atoms with van der Waals surface area (Å²) in [5, 5.41) is 0. The Labute approximate surface area is 61.7 Å². The molecule has 1 aromatic heterocycles. The first-order valence-electron chi connectivity index (χ1n) is 3.90. The zero-order valence-electron chi connectivity index (χ0n) is 6.65. The topological polar surface area (TPSA) is 28.7 Å². The number of hydrogen-bond acceptors (Lipinski definition) is 1. The first kappa shape index (κ1) is 7.32. The van der Waals surface area contributed by atoms with Crippen LogP contribution in [0.4, 0.5) is 0 Å². The van der Waals surface area contributed by atoms with Crippen molar-refractivity contribution in [3.63, 3.8) is 0 Å². The minimum absolute atomic E-state index is 1.03. The Morgan fingerprint density at radius 2 is 2.30 bits per heavy atom. The Balaban J connectivity index is 2.59. The maximum absolute atomic E-state index is 4.36. The molecule has 0 saturated heterocycles. The minimum Gasteiger partial charge on any atom is -0.348 e. The van der Waals surface area contributed by atoms with Gasteiger partial charge < -0.3 is 4.98 Å². The summed E-state index contributed by atoms with van der Waals surface area (Å²) >= 11 is 0. The van der Waals surface area contributed by atoms with Gasteiger partial charge in [-0.3, -0.25) is 0 Å². The fourth-order valence-electron chi connectivity index (χ4n) is 0.951. The summed E-state index contributed by atoms with van der Waals surface area (Å²) in [5.74, 6) is 1.12. The second-order valence-corrected chi connectivity index (χ2v) is 2.44. The average molecular weight is 138 g/mol. The molecule has 0 atom stereocenters. The lowest BCUT2D eigenvalue weighted by Crippen LogP contribution is -1.85. The molecular weight excluding hydrogens is 124 g/mol. The molecule has 56 valence electrons. The van der Waals surface area contributed by atoms with Gasteiger partial charge in [-0.05, 0) is 12.8 Å². The summed E-state index contributed by atoms with van der Waals surface area (Å²) in [5.41, 5.74) is 1.17. The molecule has 1 aromatic rings. The van der Waals surface area contributed by atoms with Crippen molar-refractivity contribution < 1.29 is 0 Å². The van der Waals surface area contributed by atoms with Crippen LogP contribution in [0, 0.1) is 0 Å². The molecule has 0 radical (unpaired) electrons. The second-order valence-electron chi connectivity index (χ2n) is 2.44. The molecule has 0 aliphatic carbocycles. The number of aromatic nitrogens is 2. The van der Waals surface area contributed by atoms with E-state index in [0.29, 0.717) is 0 Å². The summed E-state index contributed by atoms with van der Waals surface area (Å²) in [6.07, 6.45) is 5.25. The molecule has 0 spiro atoms. The van der Waals surface area contributed by atoms with Gasteiger partial charge in [-0.25, -0.2) is 4.98 Å². The molecule has 0 aliphatic rings. The van der Waals surface area contributed by atoms with E-state index in [9.17, 15) is 0 Å². The average Bonchev–Trinajstić information content (AvgIpc) is 2.37. The zero-order chi connectivity index (χ0) is 7.40. The van der Waals surface area contributed by atoms with E-state index in [1.165, 1.54) is 5.69 Å². The van der Waals surface area contributed by atoms with Crippen LogP contribution in [0.5, 0.6) is 0 Å². The number of aromatic amines is 1. The SMILES string of the molecule is CCCc1nc(CC)c[nH]1. The van der Waals surface area contributed by atoms with Gasteiger partial charge in [0, 0.05) is 12.6 Å². The summed E-state index contributed by atoms with van der Waals surface area (Å²) in [4.78, 5) is 7.51. The number of nitrogens with one attached hydrogen (secondary N) is 1. The van der Waals surface area contributed by atoms with Crippen LogP contribution < -0.4 is 0 Å². The fourth-order valence-corrected chi connectivity index (χ4v) is 0.951. The van der Waals surface area contributed by atoms with Crippen LogP contribution >= 0.6 is 0 Å². The Hall–Kier alpha value is -0.790. The van der Waals surface area contributed by atoms with Crippen molar-refractivity contribution in [2.45, 2.75) is 33.1 Å². The molecule has 2 heteroatoms. The third kappa shape index (κ3) is 1.59. The van der Waals surface area contributed by atoms with Gasteiger partial charge in [-0.2, -0.15) is 0 Å². The van der Waals surface area contributed by atoms with Gasteiger partial charge in [-0.15, -0.1) is 0 Å². The molecule has 1 N–H and O–H groups in total. The van der Waals surface area contributed by atoms with Crippen LogP contribution in [0.1, 0.15) is 31.8 Å². The standard InChI is InChI=1S/C8H14N2/c1-3-5-8-9-6-7(4-2)10-8/h6H,3-5H2,1-2H3,(H,9,10). The first-order valence-corrected chi connectivity index (χ1v) is 3.90. The molecule has 2 nitrogen and oxygen atoms in total. The van der Waals surface area contributed by atoms with Crippen LogP contribution in [0.3, 0.4) is 0 Å². The number of imidazole rings is 1. The molecular formula is C8H14N2. The quantitative estimate of drug-likeness (QED) is 0.679. The molecule has 1 heterocycles. The lowest BCUT2D eigenvalue weighted by Gasteiger charge is -1.87. The fraction of sp³-hybridized carbons (Fsp3) is 0.625. The molecule has 0 bridgehead atoms. The van der Waals surface area contributed by atoms with Crippen molar-refractivity contribution in [2.75, 3.05) is 0 Å². The van der Waals surface area contributed by atoms with Gasteiger partial charge >= 0.3 is 0 Å². The number of H-pyrrole nitrogens is 1. The Morgan fingerprint density at radius 3 is 2.80 bits per heavy atom. The van der Waals surface area contributed by atoms with Gasteiger partial charge in [0.15, 0.2) is 0 Å². The highest BCUT2D eigenvalue weighted by atomic mass is 14.9.